The van der Waals surface area contributed by atoms with E-state index in [-0.39, 0.29) is 11.9 Å². The van der Waals surface area contributed by atoms with Crippen LogP contribution in [0.3, 0.4) is 0 Å². The van der Waals surface area contributed by atoms with E-state index in [0.29, 0.717) is 6.04 Å². The van der Waals surface area contributed by atoms with Gasteiger partial charge in [-0.15, -0.1) is 0 Å². The van der Waals surface area contributed by atoms with Crippen LogP contribution in [-0.4, -0.2) is 37.6 Å². The van der Waals surface area contributed by atoms with Gasteiger partial charge in [0.05, 0.1) is 0 Å². The van der Waals surface area contributed by atoms with Gasteiger partial charge >= 0.3 is 0 Å². The summed E-state index contributed by atoms with van der Waals surface area (Å²) >= 11 is 0. The van der Waals surface area contributed by atoms with Gasteiger partial charge in [-0.05, 0) is 37.5 Å². The highest BCUT2D eigenvalue weighted by Crippen LogP contribution is 2.21. The summed E-state index contributed by atoms with van der Waals surface area (Å²) in [4.78, 5) is 14.5. The molecule has 2 aliphatic rings. The summed E-state index contributed by atoms with van der Waals surface area (Å²) in [7, 11) is 0. The SMILES string of the molecule is Cc1cccc(N2CCC(NC(=O)C3C=CCN3)CC2)c1. The molecule has 1 aromatic carbocycles. The molecule has 0 radical (unpaired) electrons. The van der Waals surface area contributed by atoms with Crippen LogP contribution in [0.2, 0.25) is 0 Å². The molecule has 4 nitrogen and oxygen atoms in total. The van der Waals surface area contributed by atoms with Gasteiger partial charge in [-0.2, -0.15) is 0 Å². The Bertz CT molecular complexity index is 533. The van der Waals surface area contributed by atoms with Crippen molar-refractivity contribution in [1.82, 2.24) is 10.6 Å². The smallest absolute Gasteiger partial charge is 0.241 e. The van der Waals surface area contributed by atoms with Crippen molar-refractivity contribution in [2.24, 2.45) is 0 Å². The number of aryl methyl sites for hydroxylation is 1. The molecule has 112 valence electrons. The molecule has 0 aromatic heterocycles. The van der Waals surface area contributed by atoms with E-state index in [2.05, 4.69) is 46.7 Å². The van der Waals surface area contributed by atoms with E-state index in [1.165, 1.54) is 11.3 Å². The van der Waals surface area contributed by atoms with Crippen molar-refractivity contribution in [3.05, 3.63) is 42.0 Å². The Morgan fingerprint density at radius 1 is 1.33 bits per heavy atom. The molecule has 2 N–H and O–H groups in total. The lowest BCUT2D eigenvalue weighted by Gasteiger charge is -2.34. The molecule has 1 fully saturated rings. The van der Waals surface area contributed by atoms with Crippen molar-refractivity contribution in [2.45, 2.75) is 31.8 Å². The predicted molar refractivity (Wildman–Crippen MR) is 85.5 cm³/mol. The van der Waals surface area contributed by atoms with Crippen LogP contribution in [-0.2, 0) is 4.79 Å². The van der Waals surface area contributed by atoms with Gasteiger partial charge in [-0.3, -0.25) is 10.1 Å². The second-order valence-corrected chi connectivity index (χ2v) is 5.92. The number of benzene rings is 1. The number of nitrogens with zero attached hydrogens (tertiary/aromatic N) is 1. The number of carbonyl (C=O) groups excluding carboxylic acids is 1. The first kappa shape index (κ1) is 14.1. The molecule has 1 saturated heterocycles. The van der Waals surface area contributed by atoms with E-state index >= 15 is 0 Å². The van der Waals surface area contributed by atoms with Gasteiger partial charge in [0.2, 0.25) is 5.91 Å². The van der Waals surface area contributed by atoms with E-state index in [1.807, 2.05) is 12.2 Å². The molecule has 2 heterocycles. The van der Waals surface area contributed by atoms with Gasteiger partial charge < -0.3 is 10.2 Å². The molecule has 2 aliphatic heterocycles. The van der Waals surface area contributed by atoms with Crippen LogP contribution in [0.5, 0.6) is 0 Å². The predicted octanol–water partition coefficient (Wildman–Crippen LogP) is 1.61. The summed E-state index contributed by atoms with van der Waals surface area (Å²) < 4.78 is 0. The number of carbonyl (C=O) groups is 1. The zero-order valence-corrected chi connectivity index (χ0v) is 12.5. The largest absolute Gasteiger partial charge is 0.371 e. The number of amides is 1. The Labute approximate surface area is 126 Å². The topological polar surface area (TPSA) is 44.4 Å². The molecule has 1 atom stereocenters. The monoisotopic (exact) mass is 285 g/mol. The summed E-state index contributed by atoms with van der Waals surface area (Å²) in [5.74, 6) is 0.109. The minimum absolute atomic E-state index is 0.109. The van der Waals surface area contributed by atoms with Crippen LogP contribution in [0.4, 0.5) is 5.69 Å². The maximum absolute atomic E-state index is 12.1. The Morgan fingerprint density at radius 2 is 2.14 bits per heavy atom. The summed E-state index contributed by atoms with van der Waals surface area (Å²) in [6.07, 6.45) is 5.97. The number of hydrogen-bond donors (Lipinski definition) is 2. The van der Waals surface area contributed by atoms with E-state index in [9.17, 15) is 4.79 Å². The van der Waals surface area contributed by atoms with E-state index in [4.69, 9.17) is 0 Å². The quantitative estimate of drug-likeness (QED) is 0.829. The van der Waals surface area contributed by atoms with E-state index < -0.39 is 0 Å². The van der Waals surface area contributed by atoms with Crippen LogP contribution >= 0.6 is 0 Å². The molecule has 0 saturated carbocycles. The Morgan fingerprint density at radius 3 is 2.81 bits per heavy atom. The molecule has 1 amide bonds. The van der Waals surface area contributed by atoms with Crippen LogP contribution in [0.15, 0.2) is 36.4 Å². The third kappa shape index (κ3) is 3.45. The zero-order valence-electron chi connectivity index (χ0n) is 12.5. The second-order valence-electron chi connectivity index (χ2n) is 5.92. The molecule has 1 aromatic rings. The van der Waals surface area contributed by atoms with Crippen molar-refractivity contribution >= 4 is 11.6 Å². The molecule has 1 unspecified atom stereocenters. The van der Waals surface area contributed by atoms with Gasteiger partial charge in [0, 0.05) is 31.4 Å². The molecule has 0 bridgehead atoms. The number of nitrogens with one attached hydrogen (secondary N) is 2. The minimum Gasteiger partial charge on any atom is -0.371 e. The third-order valence-corrected chi connectivity index (χ3v) is 4.27. The molecule has 0 aliphatic carbocycles. The summed E-state index contributed by atoms with van der Waals surface area (Å²) in [5.41, 5.74) is 2.59. The average Bonchev–Trinajstić information content (AvgIpc) is 3.02. The van der Waals surface area contributed by atoms with Crippen LogP contribution in [0.25, 0.3) is 0 Å². The summed E-state index contributed by atoms with van der Waals surface area (Å²) in [5, 5.41) is 6.32. The van der Waals surface area contributed by atoms with E-state index in [0.717, 1.165) is 32.5 Å². The summed E-state index contributed by atoms with van der Waals surface area (Å²) in [6, 6.07) is 8.79. The maximum Gasteiger partial charge on any atom is 0.241 e. The van der Waals surface area contributed by atoms with Gasteiger partial charge in [-0.1, -0.05) is 24.3 Å². The molecular weight excluding hydrogens is 262 g/mol. The number of piperidine rings is 1. The Balaban J connectivity index is 1.51. The highest BCUT2D eigenvalue weighted by molar-refractivity contribution is 5.84. The fourth-order valence-electron chi connectivity index (χ4n) is 3.04. The van der Waals surface area contributed by atoms with Gasteiger partial charge in [0.25, 0.3) is 0 Å². The van der Waals surface area contributed by atoms with Crippen molar-refractivity contribution in [2.75, 3.05) is 24.5 Å². The molecule has 4 heteroatoms. The van der Waals surface area contributed by atoms with Crippen LogP contribution < -0.4 is 15.5 Å². The average molecular weight is 285 g/mol. The Kier molecular flexibility index (Phi) is 4.25. The van der Waals surface area contributed by atoms with E-state index in [1.54, 1.807) is 0 Å². The zero-order chi connectivity index (χ0) is 14.7. The minimum atomic E-state index is -0.139. The first-order valence-corrected chi connectivity index (χ1v) is 7.74. The number of rotatable bonds is 3. The maximum atomic E-state index is 12.1. The lowest BCUT2D eigenvalue weighted by molar-refractivity contribution is -0.122. The van der Waals surface area contributed by atoms with Crippen molar-refractivity contribution in [3.63, 3.8) is 0 Å². The lowest BCUT2D eigenvalue weighted by atomic mass is 10.0. The van der Waals surface area contributed by atoms with Crippen LogP contribution in [0, 0.1) is 6.92 Å². The Hall–Kier alpha value is -1.81. The van der Waals surface area contributed by atoms with Crippen molar-refractivity contribution in [3.8, 4) is 0 Å². The molecule has 3 rings (SSSR count). The number of hydrogen-bond acceptors (Lipinski definition) is 3. The van der Waals surface area contributed by atoms with Crippen molar-refractivity contribution < 1.29 is 4.79 Å². The molecule has 21 heavy (non-hydrogen) atoms. The normalized spacial score (nSPS) is 22.5. The highest BCUT2D eigenvalue weighted by atomic mass is 16.2. The standard InChI is InChI=1S/C17H23N3O/c1-13-4-2-5-15(12-13)20-10-7-14(8-11-20)19-17(21)16-6-3-9-18-16/h2-6,12,14,16,18H,7-11H2,1H3,(H,19,21). The van der Waals surface area contributed by atoms with Gasteiger partial charge in [0.15, 0.2) is 0 Å². The fourth-order valence-corrected chi connectivity index (χ4v) is 3.04. The highest BCUT2D eigenvalue weighted by Gasteiger charge is 2.24. The second kappa shape index (κ2) is 6.31. The van der Waals surface area contributed by atoms with Gasteiger partial charge in [-0.25, -0.2) is 0 Å². The first-order valence-electron chi connectivity index (χ1n) is 7.74. The van der Waals surface area contributed by atoms with Crippen LogP contribution in [0.1, 0.15) is 18.4 Å². The third-order valence-electron chi connectivity index (χ3n) is 4.27. The van der Waals surface area contributed by atoms with Gasteiger partial charge in [0.1, 0.15) is 6.04 Å². The number of anilines is 1. The first-order chi connectivity index (χ1) is 10.2. The summed E-state index contributed by atoms with van der Waals surface area (Å²) in [6.45, 7) is 4.92. The molecule has 0 spiro atoms. The molecular formula is C17H23N3O. The lowest BCUT2D eigenvalue weighted by Crippen LogP contribution is -2.49. The van der Waals surface area contributed by atoms with Crippen molar-refractivity contribution in [1.29, 1.82) is 0 Å². The fraction of sp³-hybridized carbons (Fsp3) is 0.471.